The van der Waals surface area contributed by atoms with Crippen LogP contribution in [0.4, 0.5) is 0 Å². The smallest absolute Gasteiger partial charge is 0.315 e. The summed E-state index contributed by atoms with van der Waals surface area (Å²) in [5.41, 5.74) is -0.494. The maximum atomic E-state index is 10.8. The van der Waals surface area contributed by atoms with Crippen molar-refractivity contribution in [3.8, 4) is 0 Å². The minimum Gasteiger partial charge on any atom is -0.481 e. The van der Waals surface area contributed by atoms with Crippen LogP contribution in [0.25, 0.3) is 0 Å². The summed E-state index contributed by atoms with van der Waals surface area (Å²) in [6, 6.07) is 3.33. The van der Waals surface area contributed by atoms with E-state index in [1.54, 1.807) is 26.0 Å². The van der Waals surface area contributed by atoms with Crippen molar-refractivity contribution in [3.05, 3.63) is 24.0 Å². The van der Waals surface area contributed by atoms with E-state index in [1.807, 2.05) is 0 Å². The Labute approximate surface area is 70.3 Å². The summed E-state index contributed by atoms with van der Waals surface area (Å²) >= 11 is 0. The lowest BCUT2D eigenvalue weighted by molar-refractivity contribution is -0.142. The predicted octanol–water partition coefficient (Wildman–Crippen LogP) is 0.839. The van der Waals surface area contributed by atoms with Gasteiger partial charge in [0.05, 0.1) is 5.69 Å². The molecule has 4 nitrogen and oxygen atoms in total. The lowest BCUT2D eigenvalue weighted by atomic mass is 9.89. The van der Waals surface area contributed by atoms with Gasteiger partial charge in [-0.1, -0.05) is 0 Å². The highest BCUT2D eigenvalue weighted by Crippen LogP contribution is 2.19. The number of rotatable bonds is 2. The first-order valence-corrected chi connectivity index (χ1v) is 3.56. The first-order valence-electron chi connectivity index (χ1n) is 3.56. The van der Waals surface area contributed by atoms with Crippen LogP contribution in [-0.2, 0) is 10.2 Å². The maximum Gasteiger partial charge on any atom is 0.315 e. The molecule has 0 unspecified atom stereocenters. The highest BCUT2D eigenvalue weighted by Gasteiger charge is 2.30. The van der Waals surface area contributed by atoms with Gasteiger partial charge < -0.3 is 5.11 Å². The second-order valence-corrected chi connectivity index (χ2v) is 3.04. The molecular formula is C8H10N2O2. The van der Waals surface area contributed by atoms with Crippen molar-refractivity contribution < 1.29 is 9.90 Å². The van der Waals surface area contributed by atoms with Crippen LogP contribution in [0, 0.1) is 0 Å². The molecule has 0 radical (unpaired) electrons. The van der Waals surface area contributed by atoms with Gasteiger partial charge in [-0.05, 0) is 26.0 Å². The Balaban J connectivity index is 3.06. The normalized spacial score (nSPS) is 11.2. The summed E-state index contributed by atoms with van der Waals surface area (Å²) in [5, 5.41) is 16.2. The van der Waals surface area contributed by atoms with Crippen molar-refractivity contribution in [2.45, 2.75) is 19.3 Å². The SMILES string of the molecule is CC(C)(C(=O)O)c1cccnn1. The van der Waals surface area contributed by atoms with E-state index < -0.39 is 11.4 Å². The summed E-state index contributed by atoms with van der Waals surface area (Å²) in [4.78, 5) is 10.8. The molecule has 4 heteroatoms. The molecule has 0 bridgehead atoms. The van der Waals surface area contributed by atoms with Gasteiger partial charge in [-0.25, -0.2) is 0 Å². The van der Waals surface area contributed by atoms with E-state index in [0.717, 1.165) is 0 Å². The fourth-order valence-corrected chi connectivity index (χ4v) is 0.744. The molecule has 0 aliphatic heterocycles. The predicted molar refractivity (Wildman–Crippen MR) is 42.7 cm³/mol. The van der Waals surface area contributed by atoms with E-state index >= 15 is 0 Å². The first-order chi connectivity index (χ1) is 5.55. The molecule has 12 heavy (non-hydrogen) atoms. The third-order valence-corrected chi connectivity index (χ3v) is 1.75. The van der Waals surface area contributed by atoms with Crippen LogP contribution in [0.2, 0.25) is 0 Å². The summed E-state index contributed by atoms with van der Waals surface area (Å²) < 4.78 is 0. The van der Waals surface area contributed by atoms with Crippen molar-refractivity contribution in [1.29, 1.82) is 0 Å². The Kier molecular flexibility index (Phi) is 2.08. The van der Waals surface area contributed by atoms with Gasteiger partial charge >= 0.3 is 5.97 Å². The molecule has 0 saturated heterocycles. The fraction of sp³-hybridized carbons (Fsp3) is 0.375. The number of hydrogen-bond acceptors (Lipinski definition) is 3. The van der Waals surface area contributed by atoms with Gasteiger partial charge in [-0.2, -0.15) is 10.2 Å². The van der Waals surface area contributed by atoms with E-state index in [4.69, 9.17) is 5.11 Å². The van der Waals surface area contributed by atoms with Crippen LogP contribution in [0.3, 0.4) is 0 Å². The van der Waals surface area contributed by atoms with Crippen LogP contribution in [-0.4, -0.2) is 21.3 Å². The third-order valence-electron chi connectivity index (χ3n) is 1.75. The van der Waals surface area contributed by atoms with Gasteiger partial charge in [0.25, 0.3) is 0 Å². The number of nitrogens with zero attached hydrogens (tertiary/aromatic N) is 2. The average molecular weight is 166 g/mol. The number of carboxylic acid groups (broad SMARTS) is 1. The van der Waals surface area contributed by atoms with Crippen LogP contribution in [0.5, 0.6) is 0 Å². The molecule has 1 aromatic heterocycles. The number of aliphatic carboxylic acids is 1. The number of aromatic nitrogens is 2. The highest BCUT2D eigenvalue weighted by atomic mass is 16.4. The number of carbonyl (C=O) groups is 1. The summed E-state index contributed by atoms with van der Waals surface area (Å²) in [7, 11) is 0. The van der Waals surface area contributed by atoms with Gasteiger partial charge in [-0.3, -0.25) is 4.79 Å². The number of hydrogen-bond donors (Lipinski definition) is 1. The zero-order chi connectivity index (χ0) is 9.19. The van der Waals surface area contributed by atoms with Gasteiger partial charge in [0.15, 0.2) is 0 Å². The van der Waals surface area contributed by atoms with Crippen molar-refractivity contribution in [2.24, 2.45) is 0 Å². The van der Waals surface area contributed by atoms with E-state index in [2.05, 4.69) is 10.2 Å². The summed E-state index contributed by atoms with van der Waals surface area (Å²) in [6.45, 7) is 3.19. The average Bonchev–Trinajstić information content (AvgIpc) is 2.06. The van der Waals surface area contributed by atoms with Gasteiger partial charge in [0, 0.05) is 6.20 Å². The van der Waals surface area contributed by atoms with Crippen LogP contribution in [0.15, 0.2) is 18.3 Å². The molecule has 64 valence electrons. The summed E-state index contributed by atoms with van der Waals surface area (Å²) in [6.07, 6.45) is 1.52. The Hall–Kier alpha value is -1.45. The highest BCUT2D eigenvalue weighted by molar-refractivity contribution is 5.79. The molecular weight excluding hydrogens is 156 g/mol. The molecule has 0 atom stereocenters. The molecule has 0 aliphatic rings. The molecule has 0 amide bonds. The largest absolute Gasteiger partial charge is 0.481 e. The van der Waals surface area contributed by atoms with E-state index in [1.165, 1.54) is 6.20 Å². The Bertz CT molecular complexity index is 282. The lowest BCUT2D eigenvalue weighted by Crippen LogP contribution is -2.29. The van der Waals surface area contributed by atoms with Crippen LogP contribution < -0.4 is 0 Å². The molecule has 0 saturated carbocycles. The van der Waals surface area contributed by atoms with E-state index in [9.17, 15) is 4.79 Å². The maximum absolute atomic E-state index is 10.8. The van der Waals surface area contributed by atoms with Crippen molar-refractivity contribution in [1.82, 2.24) is 10.2 Å². The lowest BCUT2D eigenvalue weighted by Gasteiger charge is -2.16. The molecule has 1 rings (SSSR count). The zero-order valence-electron chi connectivity index (χ0n) is 6.98. The van der Waals surface area contributed by atoms with Crippen molar-refractivity contribution in [2.75, 3.05) is 0 Å². The topological polar surface area (TPSA) is 63.1 Å². The summed E-state index contributed by atoms with van der Waals surface area (Å²) in [5.74, 6) is -0.900. The number of carboxylic acids is 1. The minimum absolute atomic E-state index is 0.470. The Morgan fingerprint density at radius 2 is 2.25 bits per heavy atom. The zero-order valence-corrected chi connectivity index (χ0v) is 6.98. The van der Waals surface area contributed by atoms with Gasteiger partial charge in [0.2, 0.25) is 0 Å². The van der Waals surface area contributed by atoms with Crippen molar-refractivity contribution in [3.63, 3.8) is 0 Å². The van der Waals surface area contributed by atoms with Crippen LogP contribution >= 0.6 is 0 Å². The monoisotopic (exact) mass is 166 g/mol. The van der Waals surface area contributed by atoms with E-state index in [-0.39, 0.29) is 0 Å². The van der Waals surface area contributed by atoms with Gasteiger partial charge in [0.1, 0.15) is 5.41 Å². The quantitative estimate of drug-likeness (QED) is 0.707. The van der Waals surface area contributed by atoms with Crippen molar-refractivity contribution >= 4 is 5.97 Å². The second-order valence-electron chi connectivity index (χ2n) is 3.04. The second kappa shape index (κ2) is 2.89. The first kappa shape index (κ1) is 8.64. The standard InChI is InChI=1S/C8H10N2O2/c1-8(2,7(11)12)6-4-3-5-9-10-6/h3-5H,1-2H3,(H,11,12). The third kappa shape index (κ3) is 1.42. The molecule has 0 fully saturated rings. The van der Waals surface area contributed by atoms with Gasteiger partial charge in [-0.15, -0.1) is 0 Å². The molecule has 1 heterocycles. The Morgan fingerprint density at radius 3 is 2.67 bits per heavy atom. The Morgan fingerprint density at radius 1 is 1.58 bits per heavy atom. The van der Waals surface area contributed by atoms with E-state index in [0.29, 0.717) is 5.69 Å². The minimum atomic E-state index is -0.964. The molecule has 0 aliphatic carbocycles. The molecule has 1 N–H and O–H groups in total. The molecule has 1 aromatic rings. The fourth-order valence-electron chi connectivity index (χ4n) is 0.744. The van der Waals surface area contributed by atoms with Crippen LogP contribution in [0.1, 0.15) is 19.5 Å². The molecule has 0 aromatic carbocycles. The molecule has 0 spiro atoms.